The van der Waals surface area contributed by atoms with Gasteiger partial charge in [0.1, 0.15) is 0 Å². The molecule has 2 unspecified atom stereocenters. The van der Waals surface area contributed by atoms with Crippen molar-refractivity contribution in [3.63, 3.8) is 0 Å². The van der Waals surface area contributed by atoms with Gasteiger partial charge in [-0.25, -0.2) is 0 Å². The van der Waals surface area contributed by atoms with Gasteiger partial charge in [-0.2, -0.15) is 0 Å². The molecule has 3 aliphatic heterocycles. The van der Waals surface area contributed by atoms with Crippen LogP contribution in [-0.4, -0.2) is 34.1 Å². The minimum Gasteiger partial charge on any atom is -0.387 e. The van der Waals surface area contributed by atoms with Crippen molar-refractivity contribution in [2.45, 2.75) is 25.0 Å². The average Bonchev–Trinajstić information content (AvgIpc) is 2.60. The van der Waals surface area contributed by atoms with Crippen molar-refractivity contribution in [2.24, 2.45) is 11.8 Å². The number of hydrogen-bond acceptors (Lipinski definition) is 3. The van der Waals surface area contributed by atoms with E-state index in [9.17, 15) is 5.11 Å². The summed E-state index contributed by atoms with van der Waals surface area (Å²) in [5.41, 5.74) is 1.97. The van der Waals surface area contributed by atoms with Gasteiger partial charge < -0.3 is 5.11 Å². The minimum atomic E-state index is -0.443. The quantitative estimate of drug-likeness (QED) is 0.833. The zero-order valence-electron chi connectivity index (χ0n) is 13.5. The molecule has 3 aliphatic rings. The van der Waals surface area contributed by atoms with Gasteiger partial charge >= 0.3 is 0 Å². The van der Waals surface area contributed by atoms with E-state index in [-0.39, 0.29) is 30.9 Å². The minimum absolute atomic E-state index is 0. The van der Waals surface area contributed by atoms with Crippen LogP contribution < -0.4 is 0 Å². The van der Waals surface area contributed by atoms with E-state index in [1.165, 1.54) is 6.42 Å². The third-order valence-electron chi connectivity index (χ3n) is 5.52. The number of aliphatic hydroxyl groups is 1. The normalized spacial score (nSPS) is 29.4. The summed E-state index contributed by atoms with van der Waals surface area (Å²) >= 11 is 0. The molecule has 130 valence electrons. The van der Waals surface area contributed by atoms with E-state index in [4.69, 9.17) is 0 Å². The predicted molar refractivity (Wildman–Crippen MR) is 103 cm³/mol. The Morgan fingerprint density at radius 1 is 1.25 bits per heavy atom. The average molecular weight is 367 g/mol. The van der Waals surface area contributed by atoms with Crippen molar-refractivity contribution in [2.75, 3.05) is 13.1 Å². The molecule has 1 aromatic carbocycles. The van der Waals surface area contributed by atoms with Crippen molar-refractivity contribution < 1.29 is 5.11 Å². The summed E-state index contributed by atoms with van der Waals surface area (Å²) in [7, 11) is 0. The fourth-order valence-corrected chi connectivity index (χ4v) is 4.29. The second-order valence-electron chi connectivity index (χ2n) is 6.61. The molecule has 2 aromatic rings. The number of para-hydroxylation sites is 1. The lowest BCUT2D eigenvalue weighted by molar-refractivity contribution is -0.0444. The van der Waals surface area contributed by atoms with Crippen LogP contribution in [0, 0.1) is 11.8 Å². The molecule has 3 saturated heterocycles. The number of fused-ring (bicyclic) bond motifs is 4. The molecule has 0 saturated carbocycles. The van der Waals surface area contributed by atoms with E-state index in [1.807, 2.05) is 30.5 Å². The summed E-state index contributed by atoms with van der Waals surface area (Å²) in [5.74, 6) is 1.27. The van der Waals surface area contributed by atoms with E-state index >= 15 is 0 Å². The Hall–Kier alpha value is -1.13. The van der Waals surface area contributed by atoms with E-state index in [1.54, 1.807) is 0 Å². The van der Waals surface area contributed by atoms with Crippen LogP contribution in [0.3, 0.4) is 0 Å². The number of benzene rings is 1. The zero-order valence-corrected chi connectivity index (χ0v) is 15.2. The Balaban J connectivity index is 0.00000104. The Bertz CT molecular complexity index is 703. The van der Waals surface area contributed by atoms with E-state index in [2.05, 4.69) is 28.6 Å². The molecule has 4 heterocycles. The number of aliphatic hydroxyl groups excluding tert-OH is 1. The maximum atomic E-state index is 11.0. The second-order valence-corrected chi connectivity index (χ2v) is 6.61. The summed E-state index contributed by atoms with van der Waals surface area (Å²) in [6.07, 6.45) is 5.76. The molecular weight excluding hydrogens is 343 g/mol. The molecular formula is C19H24Cl2N2O. The van der Waals surface area contributed by atoms with Gasteiger partial charge in [-0.3, -0.25) is 9.88 Å². The Labute approximate surface area is 155 Å². The monoisotopic (exact) mass is 366 g/mol. The summed E-state index contributed by atoms with van der Waals surface area (Å²) in [5, 5.41) is 12.1. The van der Waals surface area contributed by atoms with Gasteiger partial charge in [0.15, 0.2) is 0 Å². The van der Waals surface area contributed by atoms with Crippen LogP contribution in [0.1, 0.15) is 24.5 Å². The molecule has 5 atom stereocenters. The van der Waals surface area contributed by atoms with E-state index in [0.29, 0.717) is 11.8 Å². The van der Waals surface area contributed by atoms with Crippen molar-refractivity contribution in [3.8, 4) is 0 Å². The molecule has 1 aromatic heterocycles. The smallest absolute Gasteiger partial charge is 0.0952 e. The van der Waals surface area contributed by atoms with Crippen LogP contribution in [0.15, 0.2) is 49.2 Å². The third kappa shape index (κ3) is 3.18. The van der Waals surface area contributed by atoms with Gasteiger partial charge in [0.25, 0.3) is 0 Å². The standard InChI is InChI=1S/C19H22N2O.2ClH/c1-2-13-12-21-10-8-14(13)11-18(21)19(22)16-7-9-20-17-6-4-3-5-15(16)17;;/h2-7,9,13-14,18-19,22H,1,8,10-12H2;2*1H/t13-,14-,18?,19+;;/m0../s1. The fraction of sp³-hybridized carbons (Fsp3) is 0.421. The highest BCUT2D eigenvalue weighted by Crippen LogP contribution is 2.41. The van der Waals surface area contributed by atoms with E-state index in [0.717, 1.165) is 36.0 Å². The van der Waals surface area contributed by atoms with Crippen LogP contribution >= 0.6 is 24.8 Å². The summed E-state index contributed by atoms with van der Waals surface area (Å²) in [6, 6.07) is 10.3. The molecule has 0 radical (unpaired) electrons. The molecule has 1 N–H and O–H groups in total. The second kappa shape index (κ2) is 7.83. The molecule has 3 fully saturated rings. The van der Waals surface area contributed by atoms with Gasteiger partial charge in [-0.15, -0.1) is 31.4 Å². The molecule has 0 amide bonds. The number of nitrogens with zero attached hydrogens (tertiary/aromatic N) is 2. The Kier molecular flexibility index (Phi) is 6.27. The first kappa shape index (κ1) is 19.2. The van der Waals surface area contributed by atoms with Crippen LogP contribution in [0.2, 0.25) is 0 Å². The number of hydrogen-bond donors (Lipinski definition) is 1. The third-order valence-corrected chi connectivity index (χ3v) is 5.52. The van der Waals surface area contributed by atoms with Gasteiger partial charge in [0, 0.05) is 24.2 Å². The molecule has 24 heavy (non-hydrogen) atoms. The van der Waals surface area contributed by atoms with Crippen molar-refractivity contribution in [3.05, 3.63) is 54.7 Å². The first-order chi connectivity index (χ1) is 10.8. The molecule has 5 rings (SSSR count). The number of halogens is 2. The highest BCUT2D eigenvalue weighted by Gasteiger charge is 2.42. The largest absolute Gasteiger partial charge is 0.387 e. The predicted octanol–water partition coefficient (Wildman–Crippen LogP) is 4.01. The van der Waals surface area contributed by atoms with Crippen LogP contribution in [0.4, 0.5) is 0 Å². The highest BCUT2D eigenvalue weighted by atomic mass is 35.5. The van der Waals surface area contributed by atoms with Gasteiger partial charge in [-0.05, 0) is 48.9 Å². The molecule has 5 heteroatoms. The van der Waals surface area contributed by atoms with Gasteiger partial charge in [-0.1, -0.05) is 24.3 Å². The summed E-state index contributed by atoms with van der Waals surface area (Å²) in [4.78, 5) is 6.86. The Morgan fingerprint density at radius 3 is 2.75 bits per heavy atom. The van der Waals surface area contributed by atoms with Crippen molar-refractivity contribution >= 4 is 35.7 Å². The molecule has 0 aliphatic carbocycles. The summed E-state index contributed by atoms with van der Waals surface area (Å²) in [6.45, 7) is 6.11. The van der Waals surface area contributed by atoms with E-state index < -0.39 is 6.10 Å². The number of piperidine rings is 3. The number of pyridine rings is 1. The molecule has 2 bridgehead atoms. The van der Waals surface area contributed by atoms with Crippen LogP contribution in [0.25, 0.3) is 10.9 Å². The maximum Gasteiger partial charge on any atom is 0.0952 e. The summed E-state index contributed by atoms with van der Waals surface area (Å²) < 4.78 is 0. The van der Waals surface area contributed by atoms with Crippen LogP contribution in [-0.2, 0) is 0 Å². The van der Waals surface area contributed by atoms with Crippen LogP contribution in [0.5, 0.6) is 0 Å². The lowest BCUT2D eigenvalue weighted by atomic mass is 9.73. The maximum absolute atomic E-state index is 11.0. The Morgan fingerprint density at radius 2 is 2.04 bits per heavy atom. The first-order valence-corrected chi connectivity index (χ1v) is 8.16. The van der Waals surface area contributed by atoms with Gasteiger partial charge in [0.2, 0.25) is 0 Å². The van der Waals surface area contributed by atoms with Gasteiger partial charge in [0.05, 0.1) is 11.6 Å². The number of rotatable bonds is 3. The molecule has 0 spiro atoms. The first-order valence-electron chi connectivity index (χ1n) is 8.16. The molecule has 3 nitrogen and oxygen atoms in total. The lowest BCUT2D eigenvalue weighted by Gasteiger charge is -2.50. The van der Waals surface area contributed by atoms with Crippen molar-refractivity contribution in [1.29, 1.82) is 0 Å². The number of aromatic nitrogens is 1. The lowest BCUT2D eigenvalue weighted by Crippen LogP contribution is -2.54. The SMILES string of the molecule is C=C[C@H]1CN2CC[C@H]1CC2[C@H](O)c1ccnc2ccccc12.Cl.Cl. The van der Waals surface area contributed by atoms with Crippen molar-refractivity contribution in [1.82, 2.24) is 9.88 Å². The zero-order chi connectivity index (χ0) is 15.1. The topological polar surface area (TPSA) is 36.4 Å². The highest BCUT2D eigenvalue weighted by molar-refractivity contribution is 5.85. The fourth-order valence-electron chi connectivity index (χ4n) is 4.29.